The van der Waals surface area contributed by atoms with E-state index in [0.29, 0.717) is 5.43 Å². The van der Waals surface area contributed by atoms with E-state index < -0.39 is 0 Å². The standard InChI is InChI=1S/C21H25.C5H5.C3H6Si.Zr/c1-20(2,3)16-9-7-14-11-15-8-10-17(21(4,5)6)13-19(15)18(14)12-16;1-2-4-5-3-1;1-2-4-3-1;/h7-13H,1-6H3;1-3H,4H2;1-3H2;/q2*-1;;+2. The van der Waals surface area contributed by atoms with Crippen LogP contribution in [0.2, 0.25) is 12.1 Å². The molecule has 1 fully saturated rings. The molecule has 0 bridgehead atoms. The van der Waals surface area contributed by atoms with Gasteiger partial charge in [0.25, 0.3) is 0 Å². The van der Waals surface area contributed by atoms with Crippen LogP contribution in [0.5, 0.6) is 0 Å². The van der Waals surface area contributed by atoms with Gasteiger partial charge in [-0.3, -0.25) is 6.08 Å². The van der Waals surface area contributed by atoms with Gasteiger partial charge in [0, 0.05) is 0 Å². The van der Waals surface area contributed by atoms with Gasteiger partial charge in [0.1, 0.15) is 0 Å². The summed E-state index contributed by atoms with van der Waals surface area (Å²) in [4.78, 5) is 0. The van der Waals surface area contributed by atoms with Crippen molar-refractivity contribution in [3.05, 3.63) is 77.9 Å². The predicted octanol–water partition coefficient (Wildman–Crippen LogP) is 8.54. The summed E-state index contributed by atoms with van der Waals surface area (Å²) < 4.78 is 0. The molecule has 160 valence electrons. The minimum atomic E-state index is 0.194. The Morgan fingerprint density at radius 1 is 0.839 bits per heavy atom. The van der Waals surface area contributed by atoms with Crippen molar-refractivity contribution in [2.75, 3.05) is 0 Å². The van der Waals surface area contributed by atoms with Gasteiger partial charge in [-0.25, -0.2) is 12.2 Å². The maximum absolute atomic E-state index is 2.99. The summed E-state index contributed by atoms with van der Waals surface area (Å²) in [5.74, 6) is 0. The van der Waals surface area contributed by atoms with E-state index in [0.717, 1.165) is 6.42 Å². The second-order valence-corrected chi connectivity index (χ2v) is 18.1. The number of benzene rings is 2. The van der Waals surface area contributed by atoms with Crippen LogP contribution in [-0.2, 0) is 34.2 Å². The molecule has 2 aliphatic rings. The van der Waals surface area contributed by atoms with Gasteiger partial charge >= 0.3 is 47.3 Å². The molecule has 0 radical (unpaired) electrons. The first-order chi connectivity index (χ1) is 14.6. The van der Waals surface area contributed by atoms with E-state index in [9.17, 15) is 0 Å². The van der Waals surface area contributed by atoms with Crippen LogP contribution in [0.1, 0.15) is 65.5 Å². The van der Waals surface area contributed by atoms with E-state index in [4.69, 9.17) is 0 Å². The van der Waals surface area contributed by atoms with Crippen LogP contribution in [0.4, 0.5) is 0 Å². The van der Waals surface area contributed by atoms with Crippen molar-refractivity contribution < 1.29 is 23.3 Å². The molecule has 0 aromatic heterocycles. The van der Waals surface area contributed by atoms with Gasteiger partial charge < -0.3 is 0 Å². The first-order valence-electron chi connectivity index (χ1n) is 11.5. The Morgan fingerprint density at radius 3 is 1.58 bits per heavy atom. The van der Waals surface area contributed by atoms with E-state index in [-0.39, 0.29) is 10.8 Å². The number of rotatable bonds is 0. The molecule has 1 aliphatic carbocycles. The monoisotopic (exact) mass is 502 g/mol. The molecule has 0 atom stereocenters. The van der Waals surface area contributed by atoms with E-state index in [2.05, 4.69) is 96.2 Å². The van der Waals surface area contributed by atoms with Crippen molar-refractivity contribution in [3.8, 4) is 0 Å². The van der Waals surface area contributed by atoms with Gasteiger partial charge in [-0.2, -0.15) is 6.08 Å². The molecular formula is C29H36SiZr. The summed E-state index contributed by atoms with van der Waals surface area (Å²) in [6.45, 7) is 13.7. The van der Waals surface area contributed by atoms with E-state index >= 15 is 0 Å². The van der Waals surface area contributed by atoms with Crippen LogP contribution in [0.25, 0.3) is 21.5 Å². The van der Waals surface area contributed by atoms with E-state index in [1.54, 1.807) is 18.5 Å². The van der Waals surface area contributed by atoms with Crippen molar-refractivity contribution in [2.24, 2.45) is 0 Å². The minimum absolute atomic E-state index is 0.194. The van der Waals surface area contributed by atoms with Gasteiger partial charge in [-0.1, -0.05) is 76.9 Å². The average molecular weight is 504 g/mol. The molecule has 0 saturated carbocycles. The summed E-state index contributed by atoms with van der Waals surface area (Å²) >= 11 is 1.86. The zero-order valence-corrected chi connectivity index (χ0v) is 23.6. The van der Waals surface area contributed by atoms with Gasteiger partial charge in [0.2, 0.25) is 0 Å². The number of hydrogen-bond donors (Lipinski definition) is 0. The normalized spacial score (nSPS) is 15.4. The van der Waals surface area contributed by atoms with Crippen LogP contribution in [0.15, 0.2) is 60.7 Å². The molecule has 2 heteroatoms. The van der Waals surface area contributed by atoms with E-state index in [1.165, 1.54) is 32.7 Å². The molecule has 31 heavy (non-hydrogen) atoms. The quantitative estimate of drug-likeness (QED) is 0.213. The number of fused-ring (bicyclic) bond motifs is 3. The Labute approximate surface area is 204 Å². The summed E-state index contributed by atoms with van der Waals surface area (Å²) in [6.07, 6.45) is 11.6. The molecule has 0 unspecified atom stereocenters. The van der Waals surface area contributed by atoms with Crippen LogP contribution >= 0.6 is 0 Å². The molecule has 1 aliphatic heterocycles. The first kappa shape index (κ1) is 24.5. The second-order valence-electron chi connectivity index (χ2n) is 10.7. The fraction of sp³-hybridized carbons (Fsp3) is 0.414. The van der Waals surface area contributed by atoms with Gasteiger partial charge in [0.15, 0.2) is 0 Å². The summed E-state index contributed by atoms with van der Waals surface area (Å²) in [7, 11) is 0. The molecule has 0 nitrogen and oxygen atoms in total. The third kappa shape index (κ3) is 6.69. The molecule has 3 aromatic rings. The fourth-order valence-corrected chi connectivity index (χ4v) is 6.94. The number of hydrogen-bond acceptors (Lipinski definition) is 0. The van der Waals surface area contributed by atoms with Crippen molar-refractivity contribution in [1.29, 1.82) is 0 Å². The number of allylic oxidation sites excluding steroid dienone is 4. The molecule has 3 aromatic carbocycles. The Hall–Kier alpha value is -1.11. The van der Waals surface area contributed by atoms with Crippen LogP contribution in [-0.4, -0.2) is 5.43 Å². The molecule has 0 N–H and O–H groups in total. The van der Waals surface area contributed by atoms with E-state index in [1.807, 2.05) is 35.5 Å². The average Bonchev–Trinajstić information content (AvgIpc) is 3.36. The zero-order valence-electron chi connectivity index (χ0n) is 20.1. The molecular weight excluding hydrogens is 468 g/mol. The van der Waals surface area contributed by atoms with Crippen molar-refractivity contribution in [1.82, 2.24) is 0 Å². The zero-order chi connectivity index (χ0) is 22.6. The van der Waals surface area contributed by atoms with Crippen LogP contribution in [0.3, 0.4) is 0 Å². The van der Waals surface area contributed by atoms with Crippen LogP contribution in [0, 0.1) is 6.08 Å². The Balaban J connectivity index is 0.000000221. The van der Waals surface area contributed by atoms with Crippen molar-refractivity contribution >= 4 is 27.0 Å². The predicted molar refractivity (Wildman–Crippen MR) is 136 cm³/mol. The van der Waals surface area contributed by atoms with Gasteiger partial charge in [-0.05, 0) is 10.8 Å². The summed E-state index contributed by atoms with van der Waals surface area (Å²) in [5.41, 5.74) is 3.60. The first-order valence-corrected chi connectivity index (χ1v) is 17.1. The Bertz CT molecular complexity index is 1030. The molecule has 5 rings (SSSR count). The molecule has 0 amide bonds. The SMILES string of the molecule is CC(C)(C)c1ccc2[cH-]c3ccc(C(C)(C)C)cc3c2c1.[C-]1=CC=CC1.[Zr+2]=[Si]1CCC1. The summed E-state index contributed by atoms with van der Waals surface area (Å²) in [6, 6.07) is 19.4. The van der Waals surface area contributed by atoms with Crippen LogP contribution < -0.4 is 0 Å². The summed E-state index contributed by atoms with van der Waals surface area (Å²) in [5, 5.41) is 5.49. The van der Waals surface area contributed by atoms with Crippen molar-refractivity contribution in [3.63, 3.8) is 0 Å². The molecule has 1 heterocycles. The fourth-order valence-electron chi connectivity index (χ4n) is 3.63. The molecule has 1 saturated heterocycles. The maximum atomic E-state index is 2.99. The van der Waals surface area contributed by atoms with Gasteiger partial charge in [-0.15, -0.1) is 46.2 Å². The Morgan fingerprint density at radius 2 is 1.32 bits per heavy atom. The third-order valence-corrected chi connectivity index (χ3v) is 11.6. The second kappa shape index (κ2) is 10.2. The van der Waals surface area contributed by atoms with Gasteiger partial charge in [0.05, 0.1) is 0 Å². The topological polar surface area (TPSA) is 0 Å². The Kier molecular flexibility index (Phi) is 8.09. The molecule has 0 spiro atoms. The third-order valence-electron chi connectivity index (χ3n) is 5.98. The van der Waals surface area contributed by atoms with Crippen molar-refractivity contribution in [2.45, 2.75) is 77.3 Å².